The van der Waals surface area contributed by atoms with Crippen LogP contribution >= 0.6 is 0 Å². The standard InChI is InChI=1S/C31H29N5O/c1-22-12-14-24(15-13-22)28-20-29(36(34-28)31-32-16-6-17-33-31)26-10-5-18-35(21-26)30(37)19-25-9-4-8-23-7-2-3-11-27(23)25/h2-4,6-9,11-17,20,26H,5,10,18-19,21H2,1H3. The predicted molar refractivity (Wildman–Crippen MR) is 146 cm³/mol. The summed E-state index contributed by atoms with van der Waals surface area (Å²) in [5.74, 6) is 0.873. The maximum Gasteiger partial charge on any atom is 0.250 e. The molecule has 6 rings (SSSR count). The first kappa shape index (κ1) is 23.1. The van der Waals surface area contributed by atoms with Crippen molar-refractivity contribution in [1.82, 2.24) is 24.6 Å². The topological polar surface area (TPSA) is 63.9 Å². The van der Waals surface area contributed by atoms with Gasteiger partial charge >= 0.3 is 0 Å². The number of hydrogen-bond donors (Lipinski definition) is 0. The number of carbonyl (C=O) groups is 1. The third-order valence-electron chi connectivity index (χ3n) is 7.24. The van der Waals surface area contributed by atoms with E-state index in [0.717, 1.165) is 47.3 Å². The van der Waals surface area contributed by atoms with Gasteiger partial charge in [-0.2, -0.15) is 5.10 Å². The van der Waals surface area contributed by atoms with E-state index >= 15 is 0 Å². The fraction of sp³-hybridized carbons (Fsp3) is 0.226. The summed E-state index contributed by atoms with van der Waals surface area (Å²) in [6, 6.07) is 26.8. The second kappa shape index (κ2) is 9.97. The van der Waals surface area contributed by atoms with Crippen molar-refractivity contribution in [2.24, 2.45) is 0 Å². The molecule has 6 nitrogen and oxygen atoms in total. The van der Waals surface area contributed by atoms with Crippen LogP contribution in [0.1, 0.15) is 35.6 Å². The van der Waals surface area contributed by atoms with Gasteiger partial charge in [-0.1, -0.05) is 72.3 Å². The molecule has 3 aromatic carbocycles. The zero-order valence-corrected chi connectivity index (χ0v) is 20.9. The minimum atomic E-state index is 0.153. The minimum absolute atomic E-state index is 0.153. The molecular weight excluding hydrogens is 458 g/mol. The van der Waals surface area contributed by atoms with E-state index in [2.05, 4.69) is 71.5 Å². The van der Waals surface area contributed by atoms with E-state index in [9.17, 15) is 4.79 Å². The van der Waals surface area contributed by atoms with E-state index in [1.807, 2.05) is 33.8 Å². The Hall–Kier alpha value is -4.32. The van der Waals surface area contributed by atoms with Crippen LogP contribution in [0.25, 0.3) is 28.0 Å². The molecule has 0 N–H and O–H groups in total. The average molecular weight is 488 g/mol. The number of hydrogen-bond acceptors (Lipinski definition) is 4. The maximum absolute atomic E-state index is 13.5. The van der Waals surface area contributed by atoms with Crippen molar-refractivity contribution in [2.45, 2.75) is 32.1 Å². The molecular formula is C31H29N5O. The monoisotopic (exact) mass is 487 g/mol. The van der Waals surface area contributed by atoms with Crippen molar-refractivity contribution in [3.63, 3.8) is 0 Å². The first-order valence-corrected chi connectivity index (χ1v) is 12.8. The van der Waals surface area contributed by atoms with Crippen LogP contribution in [0.2, 0.25) is 0 Å². The fourth-order valence-electron chi connectivity index (χ4n) is 5.28. The van der Waals surface area contributed by atoms with Crippen LogP contribution < -0.4 is 0 Å². The molecule has 1 fully saturated rings. The number of aryl methyl sites for hydroxylation is 1. The summed E-state index contributed by atoms with van der Waals surface area (Å²) in [6.07, 6.45) is 5.82. The van der Waals surface area contributed by atoms with Crippen LogP contribution in [-0.2, 0) is 11.2 Å². The van der Waals surface area contributed by atoms with E-state index in [1.54, 1.807) is 12.4 Å². The van der Waals surface area contributed by atoms with Gasteiger partial charge in [0, 0.05) is 37.0 Å². The highest BCUT2D eigenvalue weighted by molar-refractivity contribution is 5.90. The molecule has 3 heterocycles. The van der Waals surface area contributed by atoms with Gasteiger partial charge in [-0.15, -0.1) is 0 Å². The molecule has 6 heteroatoms. The molecule has 0 spiro atoms. The molecule has 5 aromatic rings. The quantitative estimate of drug-likeness (QED) is 0.317. The van der Waals surface area contributed by atoms with Crippen LogP contribution in [-0.4, -0.2) is 43.6 Å². The number of likely N-dealkylation sites (tertiary alicyclic amines) is 1. The SMILES string of the molecule is Cc1ccc(-c2cc(C3CCCN(C(=O)Cc4cccc5ccccc45)C3)n(-c3ncccn3)n2)cc1. The third kappa shape index (κ3) is 4.75. The van der Waals surface area contributed by atoms with Crippen LogP contribution in [0.4, 0.5) is 0 Å². The van der Waals surface area contributed by atoms with Crippen molar-refractivity contribution in [1.29, 1.82) is 0 Å². The molecule has 2 aromatic heterocycles. The predicted octanol–water partition coefficient (Wildman–Crippen LogP) is 5.74. The minimum Gasteiger partial charge on any atom is -0.342 e. The van der Waals surface area contributed by atoms with Crippen LogP contribution in [0, 0.1) is 6.92 Å². The van der Waals surface area contributed by atoms with Gasteiger partial charge in [0.05, 0.1) is 17.8 Å². The summed E-state index contributed by atoms with van der Waals surface area (Å²) >= 11 is 0. The number of piperidine rings is 1. The zero-order valence-electron chi connectivity index (χ0n) is 20.9. The van der Waals surface area contributed by atoms with Crippen LogP contribution in [0.5, 0.6) is 0 Å². The van der Waals surface area contributed by atoms with Gasteiger partial charge in [-0.25, -0.2) is 14.6 Å². The molecule has 1 unspecified atom stereocenters. The Morgan fingerprint density at radius 2 is 1.73 bits per heavy atom. The normalized spacial score (nSPS) is 15.7. The molecule has 0 aliphatic carbocycles. The van der Waals surface area contributed by atoms with Gasteiger partial charge in [0.25, 0.3) is 5.95 Å². The van der Waals surface area contributed by atoms with E-state index in [0.29, 0.717) is 18.9 Å². The summed E-state index contributed by atoms with van der Waals surface area (Å²) < 4.78 is 1.86. The molecule has 0 radical (unpaired) electrons. The lowest BCUT2D eigenvalue weighted by atomic mass is 9.93. The lowest BCUT2D eigenvalue weighted by Gasteiger charge is -2.33. The lowest BCUT2D eigenvalue weighted by molar-refractivity contribution is -0.131. The van der Waals surface area contributed by atoms with Crippen molar-refractivity contribution < 1.29 is 4.79 Å². The van der Waals surface area contributed by atoms with Crippen LogP contribution in [0.3, 0.4) is 0 Å². The number of fused-ring (bicyclic) bond motifs is 1. The Bertz CT molecular complexity index is 1540. The summed E-state index contributed by atoms with van der Waals surface area (Å²) in [4.78, 5) is 24.4. The lowest BCUT2D eigenvalue weighted by Crippen LogP contribution is -2.40. The molecule has 1 atom stereocenters. The Balaban J connectivity index is 1.29. The molecule has 184 valence electrons. The highest BCUT2D eigenvalue weighted by Crippen LogP contribution is 2.32. The molecule has 0 bridgehead atoms. The molecule has 1 aliphatic heterocycles. The summed E-state index contributed by atoms with van der Waals surface area (Å²) in [6.45, 7) is 3.52. The molecule has 37 heavy (non-hydrogen) atoms. The summed E-state index contributed by atoms with van der Waals surface area (Å²) in [5, 5.41) is 7.23. The second-order valence-corrected chi connectivity index (χ2v) is 9.78. The van der Waals surface area contributed by atoms with Gasteiger partial charge < -0.3 is 4.90 Å². The Kier molecular flexibility index (Phi) is 6.23. The van der Waals surface area contributed by atoms with Gasteiger partial charge in [0.2, 0.25) is 5.91 Å². The smallest absolute Gasteiger partial charge is 0.250 e. The van der Waals surface area contributed by atoms with Crippen molar-refractivity contribution >= 4 is 16.7 Å². The number of aromatic nitrogens is 4. The first-order valence-electron chi connectivity index (χ1n) is 12.8. The van der Waals surface area contributed by atoms with Crippen molar-refractivity contribution in [3.8, 4) is 17.2 Å². The summed E-state index contributed by atoms with van der Waals surface area (Å²) in [7, 11) is 0. The van der Waals surface area contributed by atoms with E-state index in [1.165, 1.54) is 10.9 Å². The number of benzene rings is 3. The van der Waals surface area contributed by atoms with E-state index in [4.69, 9.17) is 5.10 Å². The highest BCUT2D eigenvalue weighted by atomic mass is 16.2. The summed E-state index contributed by atoms with van der Waals surface area (Å²) in [5.41, 5.74) is 5.28. The first-order chi connectivity index (χ1) is 18.2. The molecule has 1 saturated heterocycles. The number of carbonyl (C=O) groups excluding carboxylic acids is 1. The van der Waals surface area contributed by atoms with E-state index < -0.39 is 0 Å². The molecule has 1 amide bonds. The van der Waals surface area contributed by atoms with Gasteiger partial charge in [-0.05, 0) is 48.2 Å². The maximum atomic E-state index is 13.5. The molecule has 0 saturated carbocycles. The fourth-order valence-corrected chi connectivity index (χ4v) is 5.28. The van der Waals surface area contributed by atoms with E-state index in [-0.39, 0.29) is 11.8 Å². The number of rotatable bonds is 5. The number of nitrogens with zero attached hydrogens (tertiary/aromatic N) is 5. The zero-order chi connectivity index (χ0) is 25.2. The van der Waals surface area contributed by atoms with Crippen LogP contribution in [0.15, 0.2) is 91.3 Å². The Labute approximate surface area is 216 Å². The van der Waals surface area contributed by atoms with Gasteiger partial charge in [-0.3, -0.25) is 4.79 Å². The third-order valence-corrected chi connectivity index (χ3v) is 7.24. The average Bonchev–Trinajstić information content (AvgIpc) is 3.40. The van der Waals surface area contributed by atoms with Crippen molar-refractivity contribution in [3.05, 3.63) is 108 Å². The van der Waals surface area contributed by atoms with Crippen molar-refractivity contribution in [2.75, 3.05) is 13.1 Å². The molecule has 1 aliphatic rings. The Morgan fingerprint density at radius 1 is 0.946 bits per heavy atom. The largest absolute Gasteiger partial charge is 0.342 e. The number of amides is 1. The highest BCUT2D eigenvalue weighted by Gasteiger charge is 2.29. The second-order valence-electron chi connectivity index (χ2n) is 9.78. The van der Waals surface area contributed by atoms with Gasteiger partial charge in [0.1, 0.15) is 0 Å². The Morgan fingerprint density at radius 3 is 2.57 bits per heavy atom. The van der Waals surface area contributed by atoms with Gasteiger partial charge in [0.15, 0.2) is 0 Å².